The van der Waals surface area contributed by atoms with E-state index in [4.69, 9.17) is 0 Å². The molecule has 3 aromatic carbocycles. The minimum Gasteiger partial charge on any atom is -0.298 e. The number of hydrogen-bond donors (Lipinski definition) is 1. The Labute approximate surface area is 198 Å². The van der Waals surface area contributed by atoms with Crippen LogP contribution < -0.4 is 9.62 Å². The van der Waals surface area contributed by atoms with Crippen LogP contribution in [0.4, 0.5) is 16.5 Å². The van der Waals surface area contributed by atoms with Gasteiger partial charge in [-0.3, -0.25) is 24.5 Å². The van der Waals surface area contributed by atoms with Crippen LogP contribution in [0.15, 0.2) is 71.6 Å². The molecule has 1 aliphatic rings. The fourth-order valence-corrected chi connectivity index (χ4v) is 6.29. The number of nitrogens with one attached hydrogen (secondary N) is 1. The number of nitrogens with zero attached hydrogens (tertiary/aromatic N) is 3. The van der Waals surface area contributed by atoms with Crippen LogP contribution in [0.2, 0.25) is 0 Å². The molecule has 5 rings (SSSR count). The van der Waals surface area contributed by atoms with Crippen molar-refractivity contribution in [3.8, 4) is 0 Å². The molecule has 0 atom stereocenters. The first-order valence-corrected chi connectivity index (χ1v) is 12.7. The standard InChI is InChI=1S/C23H18N4O5S2/c28-22(25-23-24-19-14-17(27(29)30)9-12-21(19)33-23)16-7-10-18(11-8-16)34(31,32)26-13-3-5-15-4-1-2-6-20(15)26/h1-2,4,6-12,14H,3,5,13H2,(H,24,25,28). The van der Waals surface area contributed by atoms with Crippen molar-refractivity contribution in [3.63, 3.8) is 0 Å². The molecule has 0 aliphatic carbocycles. The van der Waals surface area contributed by atoms with E-state index in [2.05, 4.69) is 10.3 Å². The summed E-state index contributed by atoms with van der Waals surface area (Å²) in [5, 5.41) is 13.9. The molecular formula is C23H18N4O5S2. The summed E-state index contributed by atoms with van der Waals surface area (Å²) in [6, 6.07) is 17.5. The van der Waals surface area contributed by atoms with Gasteiger partial charge in [-0.05, 0) is 54.8 Å². The molecular weight excluding hydrogens is 476 g/mol. The lowest BCUT2D eigenvalue weighted by molar-refractivity contribution is -0.384. The molecule has 9 nitrogen and oxygen atoms in total. The Bertz CT molecular complexity index is 1530. The molecule has 0 radical (unpaired) electrons. The number of nitro benzene ring substituents is 1. The maximum atomic E-state index is 13.3. The number of amides is 1. The topological polar surface area (TPSA) is 123 Å². The number of carbonyl (C=O) groups excluding carboxylic acids is 1. The lowest BCUT2D eigenvalue weighted by Gasteiger charge is -2.30. The summed E-state index contributed by atoms with van der Waals surface area (Å²) in [4.78, 5) is 27.5. The molecule has 0 unspecified atom stereocenters. The second-order valence-electron chi connectivity index (χ2n) is 7.72. The van der Waals surface area contributed by atoms with Crippen LogP contribution in [-0.4, -0.2) is 30.8 Å². The average molecular weight is 495 g/mol. The van der Waals surface area contributed by atoms with E-state index in [-0.39, 0.29) is 16.1 Å². The van der Waals surface area contributed by atoms with Crippen molar-refractivity contribution in [3.05, 3.63) is 88.0 Å². The smallest absolute Gasteiger partial charge is 0.271 e. The zero-order chi connectivity index (χ0) is 23.9. The number of rotatable bonds is 5. The summed E-state index contributed by atoms with van der Waals surface area (Å²) in [7, 11) is -3.77. The van der Waals surface area contributed by atoms with E-state index in [1.807, 2.05) is 18.2 Å². The van der Waals surface area contributed by atoms with Gasteiger partial charge in [-0.25, -0.2) is 13.4 Å². The maximum absolute atomic E-state index is 13.3. The van der Waals surface area contributed by atoms with Gasteiger partial charge in [0.15, 0.2) is 5.13 Å². The van der Waals surface area contributed by atoms with E-state index in [9.17, 15) is 23.3 Å². The molecule has 0 saturated carbocycles. The Balaban J connectivity index is 1.35. The normalized spacial score (nSPS) is 13.5. The number of aromatic nitrogens is 1. The van der Waals surface area contributed by atoms with Crippen molar-refractivity contribution < 1.29 is 18.1 Å². The summed E-state index contributed by atoms with van der Waals surface area (Å²) >= 11 is 1.19. The van der Waals surface area contributed by atoms with Crippen LogP contribution in [0.3, 0.4) is 0 Å². The fourth-order valence-electron chi connectivity index (χ4n) is 3.91. The summed E-state index contributed by atoms with van der Waals surface area (Å²) in [6.07, 6.45) is 1.57. The SMILES string of the molecule is O=C(Nc1nc2cc([N+](=O)[O-])ccc2s1)c1ccc(S(=O)(=O)N2CCCc3ccccc32)cc1. The van der Waals surface area contributed by atoms with Crippen LogP contribution in [0, 0.1) is 10.1 Å². The number of sulfonamides is 1. The molecule has 11 heteroatoms. The molecule has 0 saturated heterocycles. The minimum atomic E-state index is -3.77. The number of para-hydroxylation sites is 1. The number of anilines is 2. The quantitative estimate of drug-likeness (QED) is 0.320. The first-order valence-electron chi connectivity index (χ1n) is 10.4. The number of thiazole rings is 1. The van der Waals surface area contributed by atoms with Crippen molar-refractivity contribution in [1.82, 2.24) is 4.98 Å². The predicted molar refractivity (Wildman–Crippen MR) is 130 cm³/mol. The van der Waals surface area contributed by atoms with Gasteiger partial charge >= 0.3 is 0 Å². The molecule has 4 aromatic rings. The molecule has 1 amide bonds. The molecule has 0 bridgehead atoms. The van der Waals surface area contributed by atoms with Crippen molar-refractivity contribution in [2.24, 2.45) is 0 Å². The summed E-state index contributed by atoms with van der Waals surface area (Å²) in [5.41, 5.74) is 2.28. The Morgan fingerprint density at radius 1 is 1.09 bits per heavy atom. The van der Waals surface area contributed by atoms with Gasteiger partial charge in [0.25, 0.3) is 21.6 Å². The highest BCUT2D eigenvalue weighted by molar-refractivity contribution is 7.92. The van der Waals surface area contributed by atoms with E-state index in [0.717, 1.165) is 18.4 Å². The number of fused-ring (bicyclic) bond motifs is 2. The molecule has 1 N–H and O–H groups in total. The maximum Gasteiger partial charge on any atom is 0.271 e. The summed E-state index contributed by atoms with van der Waals surface area (Å²) < 4.78 is 28.6. The molecule has 0 spiro atoms. The van der Waals surface area contributed by atoms with Crippen LogP contribution in [0.1, 0.15) is 22.3 Å². The van der Waals surface area contributed by atoms with E-state index in [0.29, 0.717) is 27.6 Å². The van der Waals surface area contributed by atoms with Gasteiger partial charge in [-0.15, -0.1) is 0 Å². The first-order chi connectivity index (χ1) is 16.3. The van der Waals surface area contributed by atoms with Crippen molar-refractivity contribution in [2.45, 2.75) is 17.7 Å². The number of nitro groups is 1. The van der Waals surface area contributed by atoms with E-state index in [1.165, 1.54) is 52.0 Å². The van der Waals surface area contributed by atoms with E-state index in [1.54, 1.807) is 12.1 Å². The third kappa shape index (κ3) is 3.99. The van der Waals surface area contributed by atoms with Gasteiger partial charge in [-0.2, -0.15) is 0 Å². The molecule has 2 heterocycles. The van der Waals surface area contributed by atoms with E-state index >= 15 is 0 Å². The Morgan fingerprint density at radius 2 is 1.85 bits per heavy atom. The lowest BCUT2D eigenvalue weighted by Crippen LogP contribution is -2.35. The van der Waals surface area contributed by atoms with Gasteiger partial charge in [0, 0.05) is 24.2 Å². The lowest BCUT2D eigenvalue weighted by atomic mass is 10.0. The third-order valence-corrected chi connectivity index (χ3v) is 8.35. The molecule has 1 aromatic heterocycles. The van der Waals surface area contributed by atoms with Gasteiger partial charge in [-0.1, -0.05) is 29.5 Å². The number of benzene rings is 3. The predicted octanol–water partition coefficient (Wildman–Crippen LogP) is 4.60. The summed E-state index contributed by atoms with van der Waals surface area (Å²) in [6.45, 7) is 0.400. The number of non-ortho nitro benzene ring substituents is 1. The van der Waals surface area contributed by atoms with Gasteiger partial charge in [0.1, 0.15) is 0 Å². The first kappa shape index (κ1) is 22.0. The Morgan fingerprint density at radius 3 is 2.62 bits per heavy atom. The van der Waals surface area contributed by atoms with Gasteiger partial charge < -0.3 is 0 Å². The second-order valence-corrected chi connectivity index (χ2v) is 10.6. The van der Waals surface area contributed by atoms with Crippen LogP contribution in [0.5, 0.6) is 0 Å². The molecule has 0 fully saturated rings. The average Bonchev–Trinajstić information content (AvgIpc) is 3.25. The highest BCUT2D eigenvalue weighted by Gasteiger charge is 2.29. The summed E-state index contributed by atoms with van der Waals surface area (Å²) in [5.74, 6) is -0.458. The second kappa shape index (κ2) is 8.50. The van der Waals surface area contributed by atoms with Crippen molar-refractivity contribution in [2.75, 3.05) is 16.2 Å². The van der Waals surface area contributed by atoms with Gasteiger partial charge in [0.05, 0.1) is 25.7 Å². The highest BCUT2D eigenvalue weighted by Crippen LogP contribution is 2.32. The Hall–Kier alpha value is -3.83. The van der Waals surface area contributed by atoms with Gasteiger partial charge in [0.2, 0.25) is 0 Å². The van der Waals surface area contributed by atoms with E-state index < -0.39 is 20.9 Å². The fraction of sp³-hybridized carbons (Fsp3) is 0.130. The minimum absolute atomic E-state index is 0.0798. The molecule has 172 valence electrons. The monoisotopic (exact) mass is 494 g/mol. The molecule has 1 aliphatic heterocycles. The largest absolute Gasteiger partial charge is 0.298 e. The van der Waals surface area contributed by atoms with Crippen LogP contribution in [0.25, 0.3) is 10.2 Å². The third-order valence-electron chi connectivity index (χ3n) is 5.57. The van der Waals surface area contributed by atoms with Crippen LogP contribution in [-0.2, 0) is 16.4 Å². The number of aryl methyl sites for hydroxylation is 1. The Kier molecular flexibility index (Phi) is 5.50. The zero-order valence-electron chi connectivity index (χ0n) is 17.7. The van der Waals surface area contributed by atoms with Crippen molar-refractivity contribution >= 4 is 54.0 Å². The van der Waals surface area contributed by atoms with Crippen molar-refractivity contribution in [1.29, 1.82) is 0 Å². The molecule has 34 heavy (non-hydrogen) atoms. The van der Waals surface area contributed by atoms with Crippen LogP contribution >= 0.6 is 11.3 Å². The zero-order valence-corrected chi connectivity index (χ0v) is 19.3. The highest BCUT2D eigenvalue weighted by atomic mass is 32.2. The number of carbonyl (C=O) groups is 1. The number of hydrogen-bond acceptors (Lipinski definition) is 7.